The van der Waals surface area contributed by atoms with Gasteiger partial charge in [0.15, 0.2) is 0 Å². The van der Waals surface area contributed by atoms with Crippen molar-refractivity contribution in [3.8, 4) is 0 Å². The van der Waals surface area contributed by atoms with E-state index in [9.17, 15) is 17.6 Å². The number of sulfonamides is 1. The summed E-state index contributed by atoms with van der Waals surface area (Å²) in [5.74, 6) is -1.03. The molecule has 1 saturated heterocycles. The second-order valence-corrected chi connectivity index (χ2v) is 7.89. The highest BCUT2D eigenvalue weighted by Gasteiger charge is 2.32. The Morgan fingerprint density at radius 1 is 1.48 bits per heavy atom. The molecule has 2 unspecified atom stereocenters. The van der Waals surface area contributed by atoms with Crippen LogP contribution in [0, 0.1) is 11.7 Å². The fourth-order valence-corrected chi connectivity index (χ4v) is 4.28. The maximum atomic E-state index is 13.7. The van der Waals surface area contributed by atoms with Crippen LogP contribution in [0.1, 0.15) is 26.7 Å². The van der Waals surface area contributed by atoms with Crippen LogP contribution >= 0.6 is 0 Å². The van der Waals surface area contributed by atoms with Gasteiger partial charge in [-0.15, -0.1) is 0 Å². The third-order valence-corrected chi connectivity index (χ3v) is 5.91. The molecule has 1 fully saturated rings. The summed E-state index contributed by atoms with van der Waals surface area (Å²) >= 11 is 0. The van der Waals surface area contributed by atoms with Crippen LogP contribution in [0.15, 0.2) is 23.1 Å². The first-order chi connectivity index (χ1) is 10.7. The number of amides is 1. The Hall–Kier alpha value is -1.51. The van der Waals surface area contributed by atoms with E-state index in [1.807, 2.05) is 6.92 Å². The third kappa shape index (κ3) is 4.07. The van der Waals surface area contributed by atoms with E-state index in [0.717, 1.165) is 25.0 Å². The van der Waals surface area contributed by atoms with Gasteiger partial charge in [0, 0.05) is 26.1 Å². The number of anilines is 1. The van der Waals surface area contributed by atoms with Gasteiger partial charge in [-0.2, -0.15) is 4.31 Å². The zero-order chi connectivity index (χ0) is 17.2. The maximum absolute atomic E-state index is 13.7. The lowest BCUT2D eigenvalue weighted by Gasteiger charge is -2.33. The molecule has 1 aliphatic rings. The summed E-state index contributed by atoms with van der Waals surface area (Å²) in [6.45, 7) is 3.87. The molecule has 0 bridgehead atoms. The molecule has 0 saturated carbocycles. The number of nitrogens with zero attached hydrogens (tertiary/aromatic N) is 1. The average molecular weight is 343 g/mol. The van der Waals surface area contributed by atoms with E-state index in [4.69, 9.17) is 5.73 Å². The molecular formula is C15H22FN3O3S. The summed E-state index contributed by atoms with van der Waals surface area (Å²) in [6, 6.07) is 3.33. The lowest BCUT2D eigenvalue weighted by molar-refractivity contribution is -0.114. The smallest absolute Gasteiger partial charge is 0.243 e. The van der Waals surface area contributed by atoms with E-state index in [1.165, 1.54) is 17.3 Å². The number of halogens is 1. The van der Waals surface area contributed by atoms with Gasteiger partial charge < -0.3 is 11.1 Å². The second kappa shape index (κ2) is 6.94. The molecule has 2 atom stereocenters. The lowest BCUT2D eigenvalue weighted by atomic mass is 9.93. The Bertz CT molecular complexity index is 691. The van der Waals surface area contributed by atoms with Crippen LogP contribution in [0.4, 0.5) is 10.1 Å². The van der Waals surface area contributed by atoms with Crippen molar-refractivity contribution in [3.63, 3.8) is 0 Å². The van der Waals surface area contributed by atoms with Gasteiger partial charge >= 0.3 is 0 Å². The Morgan fingerprint density at radius 3 is 2.78 bits per heavy atom. The first-order valence-electron chi connectivity index (χ1n) is 7.54. The fraction of sp³-hybridized carbons (Fsp3) is 0.533. The summed E-state index contributed by atoms with van der Waals surface area (Å²) in [4.78, 5) is 11.1. The van der Waals surface area contributed by atoms with Crippen LogP contribution in [0.25, 0.3) is 0 Å². The monoisotopic (exact) mass is 343 g/mol. The molecule has 2 rings (SSSR count). The summed E-state index contributed by atoms with van der Waals surface area (Å²) < 4.78 is 40.6. The van der Waals surface area contributed by atoms with Gasteiger partial charge in [-0.25, -0.2) is 12.8 Å². The van der Waals surface area contributed by atoms with Crippen molar-refractivity contribution < 1.29 is 17.6 Å². The molecule has 8 heteroatoms. The van der Waals surface area contributed by atoms with Crippen molar-refractivity contribution in [2.45, 2.75) is 37.6 Å². The molecule has 0 spiro atoms. The number of carbonyl (C=O) groups excluding carboxylic acids is 1. The number of nitrogens with two attached hydrogens (primary N) is 1. The molecule has 1 aromatic rings. The van der Waals surface area contributed by atoms with E-state index in [0.29, 0.717) is 13.1 Å². The highest BCUT2D eigenvalue weighted by Crippen LogP contribution is 2.27. The number of rotatable bonds is 4. The Labute approximate surface area is 135 Å². The van der Waals surface area contributed by atoms with Gasteiger partial charge in [-0.3, -0.25) is 4.79 Å². The predicted octanol–water partition coefficient (Wildman–Crippen LogP) is 1.53. The fourth-order valence-electron chi connectivity index (χ4n) is 2.72. The normalized spacial score (nSPS) is 21.0. The van der Waals surface area contributed by atoms with Crippen molar-refractivity contribution in [1.29, 1.82) is 0 Å². The third-order valence-electron chi connectivity index (χ3n) is 4.05. The van der Waals surface area contributed by atoms with Gasteiger partial charge in [0.1, 0.15) is 5.82 Å². The molecule has 0 aromatic heterocycles. The van der Waals surface area contributed by atoms with Crippen LogP contribution in [-0.4, -0.2) is 37.8 Å². The van der Waals surface area contributed by atoms with Gasteiger partial charge in [0.05, 0.1) is 10.6 Å². The molecule has 1 heterocycles. The van der Waals surface area contributed by atoms with Gasteiger partial charge in [-0.1, -0.05) is 0 Å². The highest BCUT2D eigenvalue weighted by atomic mass is 32.2. The second-order valence-electron chi connectivity index (χ2n) is 5.95. The number of nitrogens with one attached hydrogen (secondary N) is 1. The Balaban J connectivity index is 2.30. The zero-order valence-corrected chi connectivity index (χ0v) is 14.1. The molecule has 0 aliphatic carbocycles. The SMILES string of the molecule is CC(=O)Nc1cc(S(=O)(=O)N2CCCC(C(C)N)C2)ccc1F. The summed E-state index contributed by atoms with van der Waals surface area (Å²) in [5.41, 5.74) is 5.75. The predicted molar refractivity (Wildman–Crippen MR) is 85.8 cm³/mol. The minimum atomic E-state index is -3.74. The lowest BCUT2D eigenvalue weighted by Crippen LogP contribution is -2.44. The first-order valence-corrected chi connectivity index (χ1v) is 8.98. The molecule has 3 N–H and O–H groups in total. The molecule has 23 heavy (non-hydrogen) atoms. The van der Waals surface area contributed by atoms with Crippen molar-refractivity contribution in [2.24, 2.45) is 11.7 Å². The van der Waals surface area contributed by atoms with E-state index >= 15 is 0 Å². The molecule has 1 aliphatic heterocycles. The van der Waals surface area contributed by atoms with E-state index < -0.39 is 21.7 Å². The van der Waals surface area contributed by atoms with Crippen LogP contribution in [0.5, 0.6) is 0 Å². The van der Waals surface area contributed by atoms with Crippen molar-refractivity contribution in [1.82, 2.24) is 4.31 Å². The summed E-state index contributed by atoms with van der Waals surface area (Å²) in [6.07, 6.45) is 1.63. The van der Waals surface area contributed by atoms with E-state index in [-0.39, 0.29) is 22.5 Å². The van der Waals surface area contributed by atoms with E-state index in [2.05, 4.69) is 5.32 Å². The topological polar surface area (TPSA) is 92.5 Å². The van der Waals surface area contributed by atoms with Crippen molar-refractivity contribution in [2.75, 3.05) is 18.4 Å². The first kappa shape index (κ1) is 17.8. The van der Waals surface area contributed by atoms with Crippen molar-refractivity contribution >= 4 is 21.6 Å². The van der Waals surface area contributed by atoms with Crippen LogP contribution in [-0.2, 0) is 14.8 Å². The number of benzene rings is 1. The van der Waals surface area contributed by atoms with Crippen LogP contribution in [0.3, 0.4) is 0 Å². The van der Waals surface area contributed by atoms with Gasteiger partial charge in [0.2, 0.25) is 15.9 Å². The molecule has 0 radical (unpaired) electrons. The van der Waals surface area contributed by atoms with Crippen molar-refractivity contribution in [3.05, 3.63) is 24.0 Å². The molecule has 1 aromatic carbocycles. The minimum Gasteiger partial charge on any atom is -0.328 e. The molecule has 6 nitrogen and oxygen atoms in total. The number of hydrogen-bond donors (Lipinski definition) is 2. The Kier molecular flexibility index (Phi) is 5.38. The summed E-state index contributed by atoms with van der Waals surface area (Å²) in [7, 11) is -3.74. The number of hydrogen-bond acceptors (Lipinski definition) is 4. The van der Waals surface area contributed by atoms with E-state index in [1.54, 1.807) is 0 Å². The van der Waals surface area contributed by atoms with Gasteiger partial charge in [0.25, 0.3) is 0 Å². The maximum Gasteiger partial charge on any atom is 0.243 e. The van der Waals surface area contributed by atoms with Gasteiger partial charge in [-0.05, 0) is 43.9 Å². The quantitative estimate of drug-likeness (QED) is 0.867. The molecule has 1 amide bonds. The standard InChI is InChI=1S/C15H22FN3O3S/c1-10(17)12-4-3-7-19(9-12)23(21,22)13-5-6-14(16)15(8-13)18-11(2)20/h5-6,8,10,12H,3-4,7,9,17H2,1-2H3,(H,18,20). The largest absolute Gasteiger partial charge is 0.328 e. The minimum absolute atomic E-state index is 0.0343. The van der Waals surface area contributed by atoms with Crippen LogP contribution in [0.2, 0.25) is 0 Å². The Morgan fingerprint density at radius 2 is 2.17 bits per heavy atom. The van der Waals surface area contributed by atoms with Crippen LogP contribution < -0.4 is 11.1 Å². The zero-order valence-electron chi connectivity index (χ0n) is 13.3. The average Bonchev–Trinajstić information content (AvgIpc) is 2.49. The number of piperidine rings is 1. The number of carbonyl (C=O) groups is 1. The highest BCUT2D eigenvalue weighted by molar-refractivity contribution is 7.89. The molecule has 128 valence electrons. The summed E-state index contributed by atoms with van der Waals surface area (Å²) in [5, 5.41) is 2.30. The molecular weight excluding hydrogens is 321 g/mol.